The minimum Gasteiger partial charge on any atom is -0.467 e. The van der Waals surface area contributed by atoms with Gasteiger partial charge in [0.15, 0.2) is 0 Å². The van der Waals surface area contributed by atoms with Gasteiger partial charge in [0.05, 0.1) is 32.6 Å². The Bertz CT molecular complexity index is 415. The third-order valence-electron chi connectivity index (χ3n) is 3.23. The van der Waals surface area contributed by atoms with Crippen molar-refractivity contribution in [3.8, 4) is 0 Å². The fraction of sp³-hybridized carbons (Fsp3) is 0.615. The molecule has 18 heavy (non-hydrogen) atoms. The molecule has 2 rings (SSSR count). The van der Waals surface area contributed by atoms with Gasteiger partial charge in [-0.2, -0.15) is 0 Å². The van der Waals surface area contributed by atoms with Gasteiger partial charge in [0.25, 0.3) is 0 Å². The number of rotatable bonds is 3. The zero-order chi connectivity index (χ0) is 13.1. The molecule has 0 aromatic carbocycles. The lowest BCUT2D eigenvalue weighted by Gasteiger charge is -2.36. The minimum absolute atomic E-state index is 0.206. The number of morpholine rings is 1. The number of carbonyl (C=O) groups is 1. The summed E-state index contributed by atoms with van der Waals surface area (Å²) in [6.07, 6.45) is 1.73. The van der Waals surface area contributed by atoms with Gasteiger partial charge in [0.2, 0.25) is 0 Å². The smallest absolute Gasteiger partial charge is 0.341 e. The van der Waals surface area contributed by atoms with Gasteiger partial charge in [0, 0.05) is 12.6 Å². The first kappa shape index (κ1) is 13.1. The summed E-state index contributed by atoms with van der Waals surface area (Å²) in [5, 5.41) is 0. The average molecular weight is 253 g/mol. The number of ether oxygens (including phenoxy) is 2. The van der Waals surface area contributed by atoms with Gasteiger partial charge in [0.1, 0.15) is 11.3 Å². The molecule has 0 radical (unpaired) electrons. The van der Waals surface area contributed by atoms with Crippen LogP contribution in [0.2, 0.25) is 0 Å². The highest BCUT2D eigenvalue weighted by Gasteiger charge is 2.26. The Morgan fingerprint density at radius 2 is 2.33 bits per heavy atom. The summed E-state index contributed by atoms with van der Waals surface area (Å²) in [7, 11) is 1.37. The molecular formula is C13H19NO4. The van der Waals surface area contributed by atoms with E-state index < -0.39 is 0 Å². The Labute approximate surface area is 107 Å². The number of hydrogen-bond donors (Lipinski definition) is 0. The van der Waals surface area contributed by atoms with Crippen molar-refractivity contribution in [3.05, 3.63) is 23.7 Å². The number of carbonyl (C=O) groups excluding carboxylic acids is 1. The van der Waals surface area contributed by atoms with Crippen molar-refractivity contribution in [2.45, 2.75) is 32.5 Å². The van der Waals surface area contributed by atoms with E-state index in [9.17, 15) is 4.79 Å². The molecule has 0 unspecified atom stereocenters. The highest BCUT2D eigenvalue weighted by molar-refractivity contribution is 5.90. The molecule has 0 N–H and O–H groups in total. The molecule has 0 saturated carbocycles. The lowest BCUT2D eigenvalue weighted by Crippen LogP contribution is -2.46. The molecule has 1 aliphatic heterocycles. The molecule has 0 aliphatic carbocycles. The monoisotopic (exact) mass is 253 g/mol. The maximum absolute atomic E-state index is 11.6. The second kappa shape index (κ2) is 5.54. The van der Waals surface area contributed by atoms with Crippen LogP contribution in [0.1, 0.15) is 30.0 Å². The van der Waals surface area contributed by atoms with Crippen molar-refractivity contribution >= 4 is 5.97 Å². The third-order valence-corrected chi connectivity index (χ3v) is 3.23. The van der Waals surface area contributed by atoms with Crippen molar-refractivity contribution in [1.82, 2.24) is 4.90 Å². The third kappa shape index (κ3) is 2.73. The quantitative estimate of drug-likeness (QED) is 0.767. The zero-order valence-corrected chi connectivity index (χ0v) is 11.0. The van der Waals surface area contributed by atoms with Crippen LogP contribution >= 0.6 is 0 Å². The largest absolute Gasteiger partial charge is 0.467 e. The summed E-state index contributed by atoms with van der Waals surface area (Å²) in [6.45, 7) is 6.29. The molecular weight excluding hydrogens is 234 g/mol. The van der Waals surface area contributed by atoms with Gasteiger partial charge in [-0.05, 0) is 19.9 Å². The first-order chi connectivity index (χ1) is 8.61. The highest BCUT2D eigenvalue weighted by Crippen LogP contribution is 2.19. The van der Waals surface area contributed by atoms with Crippen LogP contribution in [0.4, 0.5) is 0 Å². The van der Waals surface area contributed by atoms with Crippen LogP contribution in [0.25, 0.3) is 0 Å². The van der Waals surface area contributed by atoms with Crippen molar-refractivity contribution in [2.24, 2.45) is 0 Å². The first-order valence-electron chi connectivity index (χ1n) is 6.12. The van der Waals surface area contributed by atoms with E-state index in [-0.39, 0.29) is 12.1 Å². The Balaban J connectivity index is 2.09. The van der Waals surface area contributed by atoms with Crippen LogP contribution in [0, 0.1) is 0 Å². The van der Waals surface area contributed by atoms with Crippen molar-refractivity contribution in [2.75, 3.05) is 20.3 Å². The van der Waals surface area contributed by atoms with E-state index in [0.717, 1.165) is 6.54 Å². The summed E-state index contributed by atoms with van der Waals surface area (Å²) in [6, 6.07) is 1.96. The molecule has 0 bridgehead atoms. The second-order valence-corrected chi connectivity index (χ2v) is 4.67. The molecule has 1 aromatic rings. The lowest BCUT2D eigenvalue weighted by molar-refractivity contribution is -0.0546. The molecule has 1 saturated heterocycles. The maximum Gasteiger partial charge on any atom is 0.341 e. The summed E-state index contributed by atoms with van der Waals surface area (Å²) in [5.74, 6) is 0.301. The maximum atomic E-state index is 11.6. The van der Waals surface area contributed by atoms with Crippen LogP contribution in [0.15, 0.2) is 16.7 Å². The molecule has 1 aromatic heterocycles. The van der Waals surface area contributed by atoms with Gasteiger partial charge in [-0.25, -0.2) is 4.79 Å². The van der Waals surface area contributed by atoms with E-state index in [4.69, 9.17) is 13.9 Å². The molecule has 2 atom stereocenters. The number of methoxy groups -OCH3 is 1. The summed E-state index contributed by atoms with van der Waals surface area (Å²) >= 11 is 0. The van der Waals surface area contributed by atoms with Crippen LogP contribution < -0.4 is 0 Å². The van der Waals surface area contributed by atoms with Gasteiger partial charge in [-0.3, -0.25) is 4.90 Å². The van der Waals surface area contributed by atoms with Crippen molar-refractivity contribution in [3.63, 3.8) is 0 Å². The number of esters is 1. The zero-order valence-electron chi connectivity index (χ0n) is 11.0. The SMILES string of the molecule is COC(=O)c1ccoc1CN1C[C@@H](C)OC[C@H]1C. The number of nitrogens with zero attached hydrogens (tertiary/aromatic N) is 1. The average Bonchev–Trinajstić information content (AvgIpc) is 2.81. The predicted molar refractivity (Wildman–Crippen MR) is 65.3 cm³/mol. The van der Waals surface area contributed by atoms with E-state index in [0.29, 0.717) is 30.5 Å². The van der Waals surface area contributed by atoms with E-state index in [2.05, 4.69) is 11.8 Å². The summed E-state index contributed by atoms with van der Waals surface area (Å²) in [4.78, 5) is 13.8. The Morgan fingerprint density at radius 1 is 1.56 bits per heavy atom. The lowest BCUT2D eigenvalue weighted by atomic mass is 10.1. The van der Waals surface area contributed by atoms with Crippen LogP contribution in [-0.4, -0.2) is 43.3 Å². The molecule has 100 valence electrons. The van der Waals surface area contributed by atoms with Crippen LogP contribution in [0.3, 0.4) is 0 Å². The fourth-order valence-corrected chi connectivity index (χ4v) is 2.13. The van der Waals surface area contributed by atoms with Crippen molar-refractivity contribution < 1.29 is 18.7 Å². The Kier molecular flexibility index (Phi) is 4.04. The van der Waals surface area contributed by atoms with Crippen LogP contribution in [0.5, 0.6) is 0 Å². The number of furan rings is 1. The highest BCUT2D eigenvalue weighted by atomic mass is 16.5. The number of hydrogen-bond acceptors (Lipinski definition) is 5. The molecule has 0 spiro atoms. The molecule has 2 heterocycles. The Morgan fingerprint density at radius 3 is 3.06 bits per heavy atom. The molecule has 1 aliphatic rings. The molecule has 5 nitrogen and oxygen atoms in total. The van der Waals surface area contributed by atoms with Crippen LogP contribution in [-0.2, 0) is 16.0 Å². The second-order valence-electron chi connectivity index (χ2n) is 4.67. The first-order valence-corrected chi connectivity index (χ1v) is 6.12. The standard InChI is InChI=1S/C13H19NO4/c1-9-8-18-10(2)6-14(9)7-12-11(4-5-17-12)13(15)16-3/h4-5,9-10H,6-8H2,1-3H3/t9-,10-/m1/s1. The van der Waals surface area contributed by atoms with E-state index in [1.54, 1.807) is 6.07 Å². The van der Waals surface area contributed by atoms with Crippen molar-refractivity contribution in [1.29, 1.82) is 0 Å². The van der Waals surface area contributed by atoms with Gasteiger partial charge >= 0.3 is 5.97 Å². The molecule has 1 fully saturated rings. The topological polar surface area (TPSA) is 51.9 Å². The normalized spacial score (nSPS) is 25.1. The van der Waals surface area contributed by atoms with Gasteiger partial charge in [-0.1, -0.05) is 0 Å². The summed E-state index contributed by atoms with van der Waals surface area (Å²) in [5.41, 5.74) is 0.504. The summed E-state index contributed by atoms with van der Waals surface area (Å²) < 4.78 is 15.7. The predicted octanol–water partition coefficient (Wildman–Crippen LogP) is 1.68. The van der Waals surface area contributed by atoms with E-state index in [1.807, 2.05) is 6.92 Å². The fourth-order valence-electron chi connectivity index (χ4n) is 2.13. The van der Waals surface area contributed by atoms with Gasteiger partial charge in [-0.15, -0.1) is 0 Å². The molecule has 5 heteroatoms. The van der Waals surface area contributed by atoms with E-state index >= 15 is 0 Å². The van der Waals surface area contributed by atoms with E-state index in [1.165, 1.54) is 13.4 Å². The molecule has 0 amide bonds. The minimum atomic E-state index is -0.354. The van der Waals surface area contributed by atoms with Gasteiger partial charge < -0.3 is 13.9 Å². The Hall–Kier alpha value is -1.33.